The molecule has 1 aromatic carbocycles. The first-order valence-corrected chi connectivity index (χ1v) is 7.82. The minimum absolute atomic E-state index is 0.00116. The largest absolute Gasteiger partial charge is 0.351 e. The zero-order chi connectivity index (χ0) is 14.7. The quantitative estimate of drug-likeness (QED) is 0.675. The molecule has 1 heterocycles. The Balaban J connectivity index is 2.13. The van der Waals surface area contributed by atoms with Gasteiger partial charge in [0.2, 0.25) is 0 Å². The van der Waals surface area contributed by atoms with Crippen LogP contribution < -0.4 is 5.32 Å². The second-order valence-electron chi connectivity index (χ2n) is 4.39. The van der Waals surface area contributed by atoms with Crippen molar-refractivity contribution in [3.8, 4) is 0 Å². The highest BCUT2D eigenvalue weighted by molar-refractivity contribution is 8.00. The average molecular weight is 335 g/mol. The van der Waals surface area contributed by atoms with Gasteiger partial charge in [-0.05, 0) is 18.6 Å². The Kier molecular flexibility index (Phi) is 5.12. The number of amides is 1. The first kappa shape index (κ1) is 15.4. The second-order valence-corrected chi connectivity index (χ2v) is 6.58. The summed E-state index contributed by atoms with van der Waals surface area (Å²) in [6.07, 6.45) is 2.21. The van der Waals surface area contributed by atoms with Crippen LogP contribution in [-0.2, 0) is 0 Å². The van der Waals surface area contributed by atoms with E-state index in [4.69, 9.17) is 23.2 Å². The summed E-state index contributed by atoms with van der Waals surface area (Å²) in [4.78, 5) is 22.2. The van der Waals surface area contributed by atoms with Gasteiger partial charge in [-0.1, -0.05) is 23.2 Å². The van der Waals surface area contributed by atoms with Crippen LogP contribution in [0.15, 0.2) is 12.1 Å². The van der Waals surface area contributed by atoms with Crippen LogP contribution in [0, 0.1) is 10.1 Å². The molecule has 0 bridgehead atoms. The number of nitro benzene ring substituents is 1. The molecule has 1 amide bonds. The normalized spacial score (nSPS) is 18.0. The third kappa shape index (κ3) is 3.56. The topological polar surface area (TPSA) is 72.2 Å². The maximum absolute atomic E-state index is 12.1. The lowest BCUT2D eigenvalue weighted by molar-refractivity contribution is -0.384. The molecule has 0 saturated carbocycles. The molecule has 1 saturated heterocycles. The number of thioether (sulfide) groups is 1. The van der Waals surface area contributed by atoms with Crippen molar-refractivity contribution >= 4 is 46.6 Å². The van der Waals surface area contributed by atoms with Crippen LogP contribution in [0.4, 0.5) is 5.69 Å². The highest BCUT2D eigenvalue weighted by Crippen LogP contribution is 2.31. The van der Waals surface area contributed by atoms with Crippen LogP contribution >= 0.6 is 35.0 Å². The smallest absolute Gasteiger partial charge is 0.271 e. The van der Waals surface area contributed by atoms with Crippen molar-refractivity contribution < 1.29 is 9.72 Å². The van der Waals surface area contributed by atoms with Crippen molar-refractivity contribution in [3.63, 3.8) is 0 Å². The molecule has 0 aromatic heterocycles. The van der Waals surface area contributed by atoms with Crippen LogP contribution in [0.3, 0.4) is 0 Å². The lowest BCUT2D eigenvalue weighted by atomic mass is 10.1. The zero-order valence-corrected chi connectivity index (χ0v) is 12.7. The predicted octanol–water partition coefficient (Wildman–Crippen LogP) is 3.53. The van der Waals surface area contributed by atoms with E-state index in [9.17, 15) is 14.9 Å². The van der Waals surface area contributed by atoms with Gasteiger partial charge in [0.15, 0.2) is 0 Å². The van der Waals surface area contributed by atoms with Gasteiger partial charge in [0.25, 0.3) is 11.6 Å². The second kappa shape index (κ2) is 6.65. The van der Waals surface area contributed by atoms with Crippen molar-refractivity contribution in [1.29, 1.82) is 0 Å². The Labute approximate surface area is 130 Å². The molecule has 20 heavy (non-hydrogen) atoms. The van der Waals surface area contributed by atoms with Crippen LogP contribution in [0.5, 0.6) is 0 Å². The molecule has 108 valence electrons. The zero-order valence-electron chi connectivity index (χ0n) is 10.4. The summed E-state index contributed by atoms with van der Waals surface area (Å²) in [5, 5.41) is 14.0. The summed E-state index contributed by atoms with van der Waals surface area (Å²) in [5.74, 6) is 0.664. The van der Waals surface area contributed by atoms with Gasteiger partial charge in [-0.25, -0.2) is 0 Å². The number of nitro groups is 1. The molecule has 8 heteroatoms. The molecule has 1 fully saturated rings. The Morgan fingerprint density at radius 2 is 2.25 bits per heavy atom. The van der Waals surface area contributed by atoms with Crippen LogP contribution in [0.25, 0.3) is 0 Å². The fourth-order valence-corrected chi connectivity index (χ4v) is 3.56. The first-order chi connectivity index (χ1) is 9.49. The minimum atomic E-state index is -0.605. The van der Waals surface area contributed by atoms with Crippen molar-refractivity contribution in [2.24, 2.45) is 0 Å². The van der Waals surface area contributed by atoms with Crippen LogP contribution in [0.1, 0.15) is 23.2 Å². The molecule has 1 aromatic rings. The van der Waals surface area contributed by atoms with Gasteiger partial charge in [0.1, 0.15) is 0 Å². The first-order valence-electron chi connectivity index (χ1n) is 6.02. The summed E-state index contributed by atoms with van der Waals surface area (Å²) in [6.45, 7) is 0.528. The molecule has 1 atom stereocenters. The number of carbonyl (C=O) groups excluding carboxylic acids is 1. The lowest BCUT2D eigenvalue weighted by Gasteiger charge is -2.11. The van der Waals surface area contributed by atoms with E-state index in [0.29, 0.717) is 11.8 Å². The van der Waals surface area contributed by atoms with Gasteiger partial charge >= 0.3 is 0 Å². The van der Waals surface area contributed by atoms with Crippen molar-refractivity contribution in [2.75, 3.05) is 12.3 Å². The maximum atomic E-state index is 12.1. The van der Waals surface area contributed by atoms with E-state index in [2.05, 4.69) is 5.32 Å². The van der Waals surface area contributed by atoms with Gasteiger partial charge in [-0.15, -0.1) is 0 Å². The van der Waals surface area contributed by atoms with E-state index in [0.717, 1.165) is 30.7 Å². The van der Waals surface area contributed by atoms with Gasteiger partial charge in [-0.3, -0.25) is 14.9 Å². The van der Waals surface area contributed by atoms with E-state index in [1.807, 2.05) is 11.8 Å². The van der Waals surface area contributed by atoms with Crippen molar-refractivity contribution in [2.45, 2.75) is 18.1 Å². The van der Waals surface area contributed by atoms with Crippen molar-refractivity contribution in [1.82, 2.24) is 5.32 Å². The molecule has 0 spiro atoms. The van der Waals surface area contributed by atoms with Crippen LogP contribution in [0.2, 0.25) is 10.0 Å². The number of nitrogens with one attached hydrogen (secondary N) is 1. The lowest BCUT2D eigenvalue weighted by Crippen LogP contribution is -2.30. The van der Waals surface area contributed by atoms with E-state index < -0.39 is 10.8 Å². The maximum Gasteiger partial charge on any atom is 0.271 e. The third-order valence-electron chi connectivity index (χ3n) is 2.98. The molecular weight excluding hydrogens is 323 g/mol. The molecule has 0 radical (unpaired) electrons. The summed E-state index contributed by atoms with van der Waals surface area (Å²) in [7, 11) is 0. The Hall–Kier alpha value is -0.980. The van der Waals surface area contributed by atoms with E-state index in [-0.39, 0.29) is 21.3 Å². The Morgan fingerprint density at radius 3 is 2.85 bits per heavy atom. The number of hydrogen-bond donors (Lipinski definition) is 1. The Morgan fingerprint density at radius 1 is 1.50 bits per heavy atom. The van der Waals surface area contributed by atoms with E-state index in [1.54, 1.807) is 0 Å². The molecule has 5 nitrogen and oxygen atoms in total. The van der Waals surface area contributed by atoms with Gasteiger partial charge in [0.05, 0.1) is 20.5 Å². The number of carbonyl (C=O) groups is 1. The predicted molar refractivity (Wildman–Crippen MR) is 80.9 cm³/mol. The Bertz CT molecular complexity index is 548. The molecule has 1 unspecified atom stereocenters. The molecule has 1 aliphatic rings. The fraction of sp³-hybridized carbons (Fsp3) is 0.417. The summed E-state index contributed by atoms with van der Waals surface area (Å²) in [6, 6.07) is 2.28. The third-order valence-corrected chi connectivity index (χ3v) is 5.18. The summed E-state index contributed by atoms with van der Waals surface area (Å²) >= 11 is 13.6. The molecule has 2 rings (SSSR count). The van der Waals surface area contributed by atoms with Crippen LogP contribution in [-0.4, -0.2) is 28.4 Å². The summed E-state index contributed by atoms with van der Waals surface area (Å²) < 4.78 is 0. The number of non-ortho nitro benzene ring substituents is 1. The molecule has 1 aliphatic heterocycles. The number of halogens is 2. The highest BCUT2D eigenvalue weighted by Gasteiger charge is 2.21. The number of benzene rings is 1. The standard InChI is InChI=1S/C12H12Cl2N2O3S/c13-10-5-7(16(18)19)4-9(11(10)14)12(17)15-6-8-2-1-3-20-8/h4-5,8H,1-3,6H2,(H,15,17). The van der Waals surface area contributed by atoms with Gasteiger partial charge in [0, 0.05) is 23.9 Å². The number of rotatable bonds is 4. The van der Waals surface area contributed by atoms with E-state index >= 15 is 0 Å². The SMILES string of the molecule is O=C(NCC1CCCS1)c1cc([N+](=O)[O-])cc(Cl)c1Cl. The molecule has 1 N–H and O–H groups in total. The fourth-order valence-electron chi connectivity index (χ4n) is 1.95. The molecule has 0 aliphatic carbocycles. The number of nitrogens with zero attached hydrogens (tertiary/aromatic N) is 1. The average Bonchev–Trinajstić information content (AvgIpc) is 2.92. The minimum Gasteiger partial charge on any atom is -0.351 e. The monoisotopic (exact) mass is 334 g/mol. The highest BCUT2D eigenvalue weighted by atomic mass is 35.5. The van der Waals surface area contributed by atoms with Gasteiger partial charge < -0.3 is 5.32 Å². The molecular formula is C12H12Cl2N2O3S. The van der Waals surface area contributed by atoms with E-state index in [1.165, 1.54) is 0 Å². The van der Waals surface area contributed by atoms with Gasteiger partial charge in [-0.2, -0.15) is 11.8 Å². The number of hydrogen-bond acceptors (Lipinski definition) is 4. The summed E-state index contributed by atoms with van der Waals surface area (Å²) in [5.41, 5.74) is -0.214. The van der Waals surface area contributed by atoms with Crippen molar-refractivity contribution in [3.05, 3.63) is 37.9 Å².